The molecule has 0 aliphatic heterocycles. The van der Waals surface area contributed by atoms with Crippen LogP contribution >= 0.6 is 45.5 Å². The van der Waals surface area contributed by atoms with E-state index in [9.17, 15) is 8.42 Å². The quantitative estimate of drug-likeness (QED) is 0.0391. The van der Waals surface area contributed by atoms with Crippen molar-refractivity contribution in [2.45, 2.75) is 44.4 Å². The first-order chi connectivity index (χ1) is 23.4. The van der Waals surface area contributed by atoms with Gasteiger partial charge in [-0.1, -0.05) is 27.7 Å². The Labute approximate surface area is 312 Å². The third-order valence-electron chi connectivity index (χ3n) is 6.17. The summed E-state index contributed by atoms with van der Waals surface area (Å²) >= 11 is 5.94. The molecule has 4 rings (SSSR count). The van der Waals surface area contributed by atoms with E-state index in [1.54, 1.807) is 35.8 Å². The van der Waals surface area contributed by atoms with Crippen molar-refractivity contribution >= 4 is 81.1 Å². The maximum absolute atomic E-state index is 11.8. The molecule has 2 aromatic carbocycles. The topological polar surface area (TPSA) is 265 Å². The Morgan fingerprint density at radius 3 is 1.68 bits per heavy atom. The van der Waals surface area contributed by atoms with Gasteiger partial charge in [-0.05, 0) is 53.4 Å². The minimum Gasteiger partial charge on any atom is -0.497 e. The Bertz CT molecular complexity index is 1890. The minimum atomic E-state index is -4.03. The monoisotopic (exact) mass is 866 g/mol. The molecule has 0 unspecified atom stereocenters. The van der Waals surface area contributed by atoms with E-state index in [0.717, 1.165) is 11.3 Å². The zero-order chi connectivity index (χ0) is 37.8. The summed E-state index contributed by atoms with van der Waals surface area (Å²) < 4.78 is 45.5. The maximum Gasteiger partial charge on any atom is 0.268 e. The van der Waals surface area contributed by atoms with Crippen LogP contribution in [-0.2, 0) is 19.0 Å². The molecule has 50 heavy (non-hydrogen) atoms. The summed E-state index contributed by atoms with van der Waals surface area (Å²) in [5.41, 5.74) is 24.1. The molecule has 2 heterocycles. The Morgan fingerprint density at radius 2 is 1.30 bits per heavy atom. The van der Waals surface area contributed by atoms with Gasteiger partial charge in [-0.25, -0.2) is 23.6 Å². The number of thiocarbonyl (C=S) groups is 1. The molecule has 0 fully saturated rings. The number of anilines is 4. The van der Waals surface area contributed by atoms with E-state index in [4.69, 9.17) is 57.8 Å². The van der Waals surface area contributed by atoms with Crippen LogP contribution in [0.3, 0.4) is 0 Å². The van der Waals surface area contributed by atoms with E-state index in [-0.39, 0.29) is 60.6 Å². The van der Waals surface area contributed by atoms with Crippen LogP contribution in [0.5, 0.6) is 34.5 Å². The van der Waals surface area contributed by atoms with Crippen molar-refractivity contribution in [3.05, 3.63) is 53.9 Å². The summed E-state index contributed by atoms with van der Waals surface area (Å²) in [4.78, 5) is 19.0. The van der Waals surface area contributed by atoms with Crippen LogP contribution in [0.4, 0.5) is 23.5 Å². The summed E-state index contributed by atoms with van der Waals surface area (Å²) in [7, 11) is 4.43. The molecule has 17 nitrogen and oxygen atoms in total. The highest BCUT2D eigenvalue weighted by Gasteiger charge is 2.23. The van der Waals surface area contributed by atoms with Gasteiger partial charge in [-0.15, -0.1) is 0 Å². The molecular formula is C29H36ClIN8O9S2. The van der Waals surface area contributed by atoms with Crippen LogP contribution in [0.1, 0.15) is 50.7 Å². The second-order valence-corrected chi connectivity index (χ2v) is 14.9. The summed E-state index contributed by atoms with van der Waals surface area (Å²) in [6.07, 6.45) is 2.77. The van der Waals surface area contributed by atoms with Crippen molar-refractivity contribution in [2.75, 3.05) is 37.2 Å². The summed E-state index contributed by atoms with van der Waals surface area (Å²) in [6.45, 7) is 7.98. The lowest BCUT2D eigenvalue weighted by atomic mass is 10.0. The largest absolute Gasteiger partial charge is 0.497 e. The normalized spacial score (nSPS) is 10.7. The standard InChI is InChI=1S/C14H17ClN4O4S.C14H18N4O2.CHIO3S/c1-7(2)8-4-10(22-3)12(24(15,20)21)5-9(8)23-11-6-18-14(17)19-13(11)16;1-8(2)10-6-9(19-3)4-5-11(10)20-12-7-17-14(16)18-13(12)15;2-1(6)4-5-3/h4-7H,1-3H3,(H4,16,17,18,19);4-8H,1-3H3,(H4,15,16,17,18);3H. The van der Waals surface area contributed by atoms with Gasteiger partial charge in [0.2, 0.25) is 11.9 Å². The first kappa shape index (κ1) is 41.9. The lowest BCUT2D eigenvalue weighted by molar-refractivity contribution is -0.446. The SMILES string of the molecule is COc1cc(C(C)C)c(Oc2cnc(N)nc2N)cc1S(=O)(=O)Cl.COc1ccc(Oc2cnc(N)nc2N)c(C(C)C)c1.OOOC(=S)I. The number of nitrogen functional groups attached to an aromatic ring is 4. The highest BCUT2D eigenvalue weighted by Crippen LogP contribution is 2.40. The zero-order valence-corrected chi connectivity index (χ0v) is 32.1. The van der Waals surface area contributed by atoms with Crippen molar-refractivity contribution < 1.29 is 42.5 Å². The molecule has 2 aromatic heterocycles. The number of aromatic nitrogens is 4. The Kier molecular flexibility index (Phi) is 16.1. The molecular weight excluding hydrogens is 831 g/mol. The fourth-order valence-electron chi connectivity index (χ4n) is 3.86. The van der Waals surface area contributed by atoms with E-state index in [2.05, 4.69) is 55.9 Å². The lowest BCUT2D eigenvalue weighted by Crippen LogP contribution is -2.04. The van der Waals surface area contributed by atoms with Crippen molar-refractivity contribution in [3.63, 3.8) is 0 Å². The number of hydrogen-bond acceptors (Lipinski definition) is 18. The van der Waals surface area contributed by atoms with Gasteiger partial charge in [0.15, 0.2) is 23.1 Å². The first-order valence-corrected chi connectivity index (χ1v) is 17.8. The molecule has 0 atom stereocenters. The first-order valence-electron chi connectivity index (χ1n) is 14.0. The number of hydrogen-bond donors (Lipinski definition) is 5. The van der Waals surface area contributed by atoms with Gasteiger partial charge in [0.25, 0.3) is 12.1 Å². The van der Waals surface area contributed by atoms with Crippen LogP contribution in [0.15, 0.2) is 47.6 Å². The summed E-state index contributed by atoms with van der Waals surface area (Å²) in [5.74, 6) is 3.03. The molecule has 0 saturated heterocycles. The van der Waals surface area contributed by atoms with Gasteiger partial charge in [0, 0.05) is 50.5 Å². The fraction of sp³-hybridized carbons (Fsp3) is 0.276. The smallest absolute Gasteiger partial charge is 0.268 e. The fourth-order valence-corrected chi connectivity index (χ4v) is 4.97. The van der Waals surface area contributed by atoms with Crippen molar-refractivity contribution in [1.82, 2.24) is 19.9 Å². The third-order valence-corrected chi connectivity index (χ3v) is 7.76. The summed E-state index contributed by atoms with van der Waals surface area (Å²) in [5, 5.41) is 10.6. The third kappa shape index (κ3) is 12.6. The van der Waals surface area contributed by atoms with Gasteiger partial charge in [0.05, 0.1) is 26.6 Å². The second kappa shape index (κ2) is 19.2. The molecule has 21 heteroatoms. The van der Waals surface area contributed by atoms with Gasteiger partial charge in [-0.2, -0.15) is 9.97 Å². The number of halogens is 2. The maximum atomic E-state index is 11.8. The molecule has 0 amide bonds. The van der Waals surface area contributed by atoms with Crippen LogP contribution in [0, 0.1) is 0 Å². The van der Waals surface area contributed by atoms with Crippen molar-refractivity contribution in [3.8, 4) is 34.5 Å². The number of nitrogens with two attached hydrogens (primary N) is 4. The lowest BCUT2D eigenvalue weighted by Gasteiger charge is -2.17. The second-order valence-electron chi connectivity index (χ2n) is 10.2. The van der Waals surface area contributed by atoms with Crippen LogP contribution in [0.25, 0.3) is 0 Å². The Morgan fingerprint density at radius 1 is 0.800 bits per heavy atom. The van der Waals surface area contributed by atoms with Crippen LogP contribution < -0.4 is 41.9 Å². The van der Waals surface area contributed by atoms with Gasteiger partial charge >= 0.3 is 0 Å². The summed E-state index contributed by atoms with van der Waals surface area (Å²) in [6, 6.07) is 8.45. The van der Waals surface area contributed by atoms with Crippen molar-refractivity contribution in [2.24, 2.45) is 0 Å². The van der Waals surface area contributed by atoms with Gasteiger partial charge in [0.1, 0.15) is 27.9 Å². The van der Waals surface area contributed by atoms with Crippen LogP contribution in [0.2, 0.25) is 0 Å². The van der Waals surface area contributed by atoms with Crippen LogP contribution in [-0.4, -0.2) is 50.9 Å². The average Bonchev–Trinajstić information content (AvgIpc) is 3.03. The van der Waals surface area contributed by atoms with E-state index < -0.39 is 9.05 Å². The number of nitrogens with zero attached hydrogens (tertiary/aromatic N) is 4. The van der Waals surface area contributed by atoms with E-state index in [1.807, 2.05) is 32.0 Å². The molecule has 0 radical (unpaired) electrons. The predicted octanol–water partition coefficient (Wildman–Crippen LogP) is 6.19. The minimum absolute atomic E-state index is 0.00249. The van der Waals surface area contributed by atoms with Gasteiger partial charge in [-0.3, -0.25) is 4.89 Å². The highest BCUT2D eigenvalue weighted by atomic mass is 127. The molecule has 272 valence electrons. The molecule has 0 aliphatic rings. The van der Waals surface area contributed by atoms with Crippen molar-refractivity contribution in [1.29, 1.82) is 0 Å². The number of methoxy groups -OCH3 is 2. The zero-order valence-electron chi connectivity index (χ0n) is 27.6. The molecule has 0 aliphatic carbocycles. The number of ether oxygens (including phenoxy) is 4. The average molecular weight is 867 g/mol. The Hall–Kier alpha value is -4.22. The Balaban J connectivity index is 0.000000302. The predicted molar refractivity (Wildman–Crippen MR) is 200 cm³/mol. The van der Waals surface area contributed by atoms with E-state index in [1.165, 1.54) is 25.6 Å². The molecule has 0 saturated carbocycles. The van der Waals surface area contributed by atoms with Gasteiger partial charge < -0.3 is 41.9 Å². The molecule has 4 aromatic rings. The molecule has 0 bridgehead atoms. The highest BCUT2D eigenvalue weighted by molar-refractivity contribution is 14.1. The van der Waals surface area contributed by atoms with E-state index in [0.29, 0.717) is 17.1 Å². The van der Waals surface area contributed by atoms with E-state index >= 15 is 0 Å². The number of rotatable bonds is 10. The molecule has 0 spiro atoms. The number of benzene rings is 2. The molecule has 9 N–H and O–H groups in total.